The fourth-order valence-electron chi connectivity index (χ4n) is 1.98. The van der Waals surface area contributed by atoms with E-state index in [1.54, 1.807) is 35.6 Å². The van der Waals surface area contributed by atoms with E-state index in [-0.39, 0.29) is 5.91 Å². The van der Waals surface area contributed by atoms with E-state index in [1.165, 1.54) is 6.20 Å². The Hall–Kier alpha value is -1.53. The third-order valence-electron chi connectivity index (χ3n) is 3.42. The maximum Gasteiger partial charge on any atom is 0.247 e. The predicted molar refractivity (Wildman–Crippen MR) is 86.2 cm³/mol. The van der Waals surface area contributed by atoms with Crippen LogP contribution in [-0.2, 0) is 16.9 Å². The number of hydrogen-bond acceptors (Lipinski definition) is 3. The van der Waals surface area contributed by atoms with Crippen molar-refractivity contribution < 1.29 is 4.79 Å². The molecule has 0 aliphatic heterocycles. The van der Waals surface area contributed by atoms with E-state index in [2.05, 4.69) is 15.5 Å². The number of aromatic nitrogens is 4. The van der Waals surface area contributed by atoms with Gasteiger partial charge in [-0.2, -0.15) is 10.2 Å². The summed E-state index contributed by atoms with van der Waals surface area (Å²) in [5.74, 6) is -0.109. The largest absolute Gasteiger partial charge is 0.354 e. The number of halogens is 2. The minimum atomic E-state index is -0.793. The van der Waals surface area contributed by atoms with Crippen LogP contribution in [0.15, 0.2) is 18.6 Å². The van der Waals surface area contributed by atoms with E-state index < -0.39 is 5.54 Å². The average molecular weight is 344 g/mol. The third kappa shape index (κ3) is 3.81. The van der Waals surface area contributed by atoms with Gasteiger partial charge < -0.3 is 5.32 Å². The van der Waals surface area contributed by atoms with Gasteiger partial charge in [-0.05, 0) is 27.2 Å². The van der Waals surface area contributed by atoms with Gasteiger partial charge in [0.05, 0.1) is 21.9 Å². The van der Waals surface area contributed by atoms with Crippen molar-refractivity contribution in [2.45, 2.75) is 39.3 Å². The summed E-state index contributed by atoms with van der Waals surface area (Å²) in [4.78, 5) is 12.3. The van der Waals surface area contributed by atoms with E-state index >= 15 is 0 Å². The topological polar surface area (TPSA) is 64.7 Å². The van der Waals surface area contributed by atoms with Gasteiger partial charge in [0.15, 0.2) is 0 Å². The van der Waals surface area contributed by atoms with E-state index in [0.717, 1.165) is 12.1 Å². The molecule has 0 aromatic carbocycles. The van der Waals surface area contributed by atoms with Crippen molar-refractivity contribution in [1.82, 2.24) is 24.9 Å². The van der Waals surface area contributed by atoms with Crippen molar-refractivity contribution in [3.05, 3.63) is 34.3 Å². The highest BCUT2D eigenvalue weighted by Crippen LogP contribution is 2.17. The first-order valence-electron chi connectivity index (χ1n) is 6.99. The molecule has 22 heavy (non-hydrogen) atoms. The van der Waals surface area contributed by atoms with Crippen molar-refractivity contribution in [1.29, 1.82) is 0 Å². The molecule has 6 nitrogen and oxygen atoms in total. The molecule has 0 radical (unpaired) electrons. The Morgan fingerprint density at radius 2 is 2.09 bits per heavy atom. The van der Waals surface area contributed by atoms with Crippen LogP contribution in [0.4, 0.5) is 0 Å². The first kappa shape index (κ1) is 16.8. The van der Waals surface area contributed by atoms with Crippen LogP contribution in [0.3, 0.4) is 0 Å². The number of hydrogen-bond donors (Lipinski definition) is 1. The van der Waals surface area contributed by atoms with Crippen LogP contribution in [0, 0.1) is 6.92 Å². The molecule has 1 N–H and O–H groups in total. The van der Waals surface area contributed by atoms with E-state index in [1.807, 2.05) is 6.92 Å². The number of nitrogens with zero attached hydrogens (tertiary/aromatic N) is 4. The van der Waals surface area contributed by atoms with Crippen LogP contribution >= 0.6 is 23.2 Å². The SMILES string of the molecule is Cc1nn(CCCNC(=O)C(C)(C)n2cc(Cl)cn2)cc1Cl. The van der Waals surface area contributed by atoms with E-state index in [9.17, 15) is 4.79 Å². The number of aryl methyl sites for hydroxylation is 2. The van der Waals surface area contributed by atoms with Crippen LogP contribution in [0.2, 0.25) is 10.0 Å². The first-order valence-corrected chi connectivity index (χ1v) is 7.75. The van der Waals surface area contributed by atoms with Gasteiger partial charge in [-0.3, -0.25) is 14.2 Å². The highest BCUT2D eigenvalue weighted by atomic mass is 35.5. The highest BCUT2D eigenvalue weighted by Gasteiger charge is 2.30. The molecule has 2 aromatic heterocycles. The zero-order chi connectivity index (χ0) is 16.3. The minimum absolute atomic E-state index is 0.109. The molecule has 0 fully saturated rings. The molecule has 0 bridgehead atoms. The number of amides is 1. The summed E-state index contributed by atoms with van der Waals surface area (Å²) in [7, 11) is 0. The van der Waals surface area contributed by atoms with Gasteiger partial charge in [-0.1, -0.05) is 23.2 Å². The van der Waals surface area contributed by atoms with E-state index in [4.69, 9.17) is 23.2 Å². The Kier molecular flexibility index (Phi) is 5.13. The Labute approximate surface area is 139 Å². The lowest BCUT2D eigenvalue weighted by Crippen LogP contribution is -2.45. The molecule has 1 amide bonds. The first-order chi connectivity index (χ1) is 10.3. The summed E-state index contributed by atoms with van der Waals surface area (Å²) in [6.07, 6.45) is 5.70. The molecule has 8 heteroatoms. The molecule has 2 aromatic rings. The van der Waals surface area contributed by atoms with Gasteiger partial charge in [0, 0.05) is 25.5 Å². The van der Waals surface area contributed by atoms with Crippen LogP contribution in [0.25, 0.3) is 0 Å². The van der Waals surface area contributed by atoms with Gasteiger partial charge in [0.1, 0.15) is 5.54 Å². The van der Waals surface area contributed by atoms with Gasteiger partial charge >= 0.3 is 0 Å². The number of carbonyl (C=O) groups is 1. The standard InChI is InChI=1S/C14H19Cl2N5O/c1-10-12(16)9-20(19-10)6-4-5-17-13(22)14(2,3)21-8-11(15)7-18-21/h7-9H,4-6H2,1-3H3,(H,17,22). The second-order valence-electron chi connectivity index (χ2n) is 5.60. The van der Waals surface area contributed by atoms with Crippen LogP contribution < -0.4 is 5.32 Å². The summed E-state index contributed by atoms with van der Waals surface area (Å²) in [6, 6.07) is 0. The van der Waals surface area contributed by atoms with Crippen LogP contribution in [0.5, 0.6) is 0 Å². The van der Waals surface area contributed by atoms with Crippen molar-refractivity contribution >= 4 is 29.1 Å². The predicted octanol–water partition coefficient (Wildman–Crippen LogP) is 2.64. The highest BCUT2D eigenvalue weighted by molar-refractivity contribution is 6.31. The maximum atomic E-state index is 12.3. The Morgan fingerprint density at radius 1 is 1.36 bits per heavy atom. The molecule has 0 saturated carbocycles. The molecule has 2 heterocycles. The fraction of sp³-hybridized carbons (Fsp3) is 0.500. The lowest BCUT2D eigenvalue weighted by molar-refractivity contribution is -0.128. The second-order valence-corrected chi connectivity index (χ2v) is 6.44. The fourth-order valence-corrected chi connectivity index (χ4v) is 2.26. The molecule has 120 valence electrons. The summed E-state index contributed by atoms with van der Waals surface area (Å²) in [5, 5.41) is 12.4. The average Bonchev–Trinajstić information content (AvgIpc) is 3.02. The second kappa shape index (κ2) is 6.71. The molecule has 0 saturated heterocycles. The van der Waals surface area contributed by atoms with Crippen molar-refractivity contribution in [3.63, 3.8) is 0 Å². The molecule has 0 aliphatic rings. The lowest BCUT2D eigenvalue weighted by atomic mass is 10.1. The summed E-state index contributed by atoms with van der Waals surface area (Å²) < 4.78 is 3.34. The van der Waals surface area contributed by atoms with Gasteiger partial charge in [0.2, 0.25) is 5.91 Å². The molecule has 0 spiro atoms. The monoisotopic (exact) mass is 343 g/mol. The molecular formula is C14H19Cl2N5O. The summed E-state index contributed by atoms with van der Waals surface area (Å²) in [6.45, 7) is 6.69. The maximum absolute atomic E-state index is 12.3. The zero-order valence-corrected chi connectivity index (χ0v) is 14.3. The number of rotatable bonds is 6. The number of carbonyl (C=O) groups excluding carboxylic acids is 1. The number of nitrogens with one attached hydrogen (secondary N) is 1. The van der Waals surface area contributed by atoms with Crippen molar-refractivity contribution in [2.24, 2.45) is 0 Å². The summed E-state index contributed by atoms with van der Waals surface area (Å²) >= 11 is 11.8. The van der Waals surface area contributed by atoms with E-state index in [0.29, 0.717) is 23.1 Å². The van der Waals surface area contributed by atoms with Gasteiger partial charge in [-0.25, -0.2) is 0 Å². The van der Waals surface area contributed by atoms with Crippen molar-refractivity contribution in [2.75, 3.05) is 6.54 Å². The molecule has 0 unspecified atom stereocenters. The quantitative estimate of drug-likeness (QED) is 0.820. The summed E-state index contributed by atoms with van der Waals surface area (Å²) in [5.41, 5.74) is 0.0149. The smallest absolute Gasteiger partial charge is 0.247 e. The molecule has 0 atom stereocenters. The third-order valence-corrected chi connectivity index (χ3v) is 3.98. The van der Waals surface area contributed by atoms with Crippen LogP contribution in [-0.4, -0.2) is 32.0 Å². The zero-order valence-electron chi connectivity index (χ0n) is 12.8. The molecule has 2 rings (SSSR count). The van der Waals surface area contributed by atoms with Crippen molar-refractivity contribution in [3.8, 4) is 0 Å². The lowest BCUT2D eigenvalue weighted by Gasteiger charge is -2.24. The molecule has 0 aliphatic carbocycles. The van der Waals surface area contributed by atoms with Crippen LogP contribution in [0.1, 0.15) is 26.0 Å². The minimum Gasteiger partial charge on any atom is -0.354 e. The normalized spacial score (nSPS) is 11.7. The Bertz CT molecular complexity index is 642. The molecular weight excluding hydrogens is 325 g/mol. The Balaban J connectivity index is 1.82. The van der Waals surface area contributed by atoms with Gasteiger partial charge in [0.25, 0.3) is 0 Å². The van der Waals surface area contributed by atoms with Gasteiger partial charge in [-0.15, -0.1) is 0 Å². The Morgan fingerprint density at radius 3 is 2.64 bits per heavy atom.